The number of hydrogen-bond acceptors (Lipinski definition) is 5. The predicted molar refractivity (Wildman–Crippen MR) is 96.3 cm³/mol. The highest BCUT2D eigenvalue weighted by Crippen LogP contribution is 2.32. The number of rotatable bonds is 3. The van der Waals surface area contributed by atoms with Crippen molar-refractivity contribution in [3.05, 3.63) is 65.8 Å². The number of aryl methyl sites for hydroxylation is 1. The third-order valence-corrected chi connectivity index (χ3v) is 4.68. The Balaban J connectivity index is 1.62. The molecule has 6 nitrogen and oxygen atoms in total. The van der Waals surface area contributed by atoms with Gasteiger partial charge in [-0.25, -0.2) is 0 Å². The van der Waals surface area contributed by atoms with E-state index in [-0.39, 0.29) is 11.9 Å². The Kier molecular flexibility index (Phi) is 4.48. The van der Waals surface area contributed by atoms with E-state index in [9.17, 15) is 4.79 Å². The molecule has 0 aliphatic carbocycles. The van der Waals surface area contributed by atoms with Crippen molar-refractivity contribution in [1.82, 2.24) is 20.1 Å². The fraction of sp³-hybridized carbons (Fsp3) is 0.300. The summed E-state index contributed by atoms with van der Waals surface area (Å²) < 4.78 is 5.91. The third-order valence-electron chi connectivity index (χ3n) is 4.68. The zero-order valence-electron chi connectivity index (χ0n) is 14.6. The number of nitrogens with zero attached hydrogens (tertiary/aromatic N) is 4. The topological polar surface area (TPSA) is 72.1 Å². The van der Waals surface area contributed by atoms with Gasteiger partial charge in [-0.2, -0.15) is 0 Å². The minimum Gasteiger partial charge on any atom is -0.418 e. The van der Waals surface area contributed by atoms with E-state index in [0.29, 0.717) is 23.9 Å². The van der Waals surface area contributed by atoms with Crippen LogP contribution < -0.4 is 0 Å². The van der Waals surface area contributed by atoms with Gasteiger partial charge in [-0.05, 0) is 50.5 Å². The van der Waals surface area contributed by atoms with Gasteiger partial charge in [-0.3, -0.25) is 9.78 Å². The second kappa shape index (κ2) is 7.07. The summed E-state index contributed by atoms with van der Waals surface area (Å²) >= 11 is 0. The summed E-state index contributed by atoms with van der Waals surface area (Å²) in [6, 6.07) is 11.2. The molecular weight excluding hydrogens is 328 g/mol. The molecule has 1 aromatic carbocycles. The van der Waals surface area contributed by atoms with E-state index in [1.807, 2.05) is 48.2 Å². The van der Waals surface area contributed by atoms with Gasteiger partial charge >= 0.3 is 0 Å². The maximum atomic E-state index is 13.0. The Morgan fingerprint density at radius 2 is 2.00 bits per heavy atom. The summed E-state index contributed by atoms with van der Waals surface area (Å²) in [7, 11) is 0. The lowest BCUT2D eigenvalue weighted by Gasteiger charge is -2.33. The number of hydrogen-bond donors (Lipinski definition) is 0. The first-order valence-electron chi connectivity index (χ1n) is 8.84. The molecule has 0 saturated carbocycles. The van der Waals surface area contributed by atoms with Crippen LogP contribution in [0.5, 0.6) is 0 Å². The SMILES string of the molecule is Cc1cccc(C(=O)N2CCCCC2c2nnc(-c3ccncc3)o2)c1. The van der Waals surface area contributed by atoms with E-state index in [4.69, 9.17) is 4.42 Å². The van der Waals surface area contributed by atoms with E-state index < -0.39 is 0 Å². The van der Waals surface area contributed by atoms with Crippen LogP contribution in [0.2, 0.25) is 0 Å². The molecule has 3 aromatic rings. The van der Waals surface area contributed by atoms with Crippen LogP contribution in [-0.4, -0.2) is 32.5 Å². The van der Waals surface area contributed by atoms with Crippen molar-refractivity contribution >= 4 is 5.91 Å². The molecule has 3 heterocycles. The first-order valence-corrected chi connectivity index (χ1v) is 8.84. The van der Waals surface area contributed by atoms with Crippen molar-refractivity contribution in [3.8, 4) is 11.5 Å². The Morgan fingerprint density at radius 1 is 1.15 bits per heavy atom. The maximum Gasteiger partial charge on any atom is 0.254 e. The van der Waals surface area contributed by atoms with Crippen LogP contribution in [0.4, 0.5) is 0 Å². The van der Waals surface area contributed by atoms with E-state index in [0.717, 1.165) is 30.4 Å². The number of pyridine rings is 1. The van der Waals surface area contributed by atoms with Gasteiger partial charge in [0.15, 0.2) is 0 Å². The number of piperidine rings is 1. The number of carbonyl (C=O) groups is 1. The standard InChI is InChI=1S/C20H20N4O2/c1-14-5-4-6-16(13-14)20(25)24-12-3-2-7-17(24)19-23-22-18(26-19)15-8-10-21-11-9-15/h4-6,8-11,13,17H,2-3,7,12H2,1H3. The molecule has 4 rings (SSSR count). The second-order valence-corrected chi connectivity index (χ2v) is 6.56. The summed E-state index contributed by atoms with van der Waals surface area (Å²) in [5.74, 6) is 0.968. The van der Waals surface area contributed by atoms with Crippen LogP contribution in [0, 0.1) is 6.92 Å². The van der Waals surface area contributed by atoms with E-state index in [1.54, 1.807) is 12.4 Å². The predicted octanol–water partition coefficient (Wildman–Crippen LogP) is 3.81. The van der Waals surface area contributed by atoms with Crippen molar-refractivity contribution in [3.63, 3.8) is 0 Å². The van der Waals surface area contributed by atoms with Crippen molar-refractivity contribution in [2.24, 2.45) is 0 Å². The van der Waals surface area contributed by atoms with Gasteiger partial charge < -0.3 is 9.32 Å². The van der Waals surface area contributed by atoms with Crippen LogP contribution in [0.3, 0.4) is 0 Å². The molecule has 0 radical (unpaired) electrons. The van der Waals surface area contributed by atoms with Crippen molar-refractivity contribution < 1.29 is 9.21 Å². The number of likely N-dealkylation sites (tertiary alicyclic amines) is 1. The molecule has 6 heteroatoms. The van der Waals surface area contributed by atoms with Crippen LogP contribution in [0.1, 0.15) is 47.1 Å². The van der Waals surface area contributed by atoms with E-state index in [2.05, 4.69) is 15.2 Å². The molecular formula is C20H20N4O2. The average molecular weight is 348 g/mol. The highest BCUT2D eigenvalue weighted by molar-refractivity contribution is 5.94. The highest BCUT2D eigenvalue weighted by Gasteiger charge is 2.32. The Hall–Kier alpha value is -3.02. The van der Waals surface area contributed by atoms with Gasteiger partial charge in [0.25, 0.3) is 5.91 Å². The molecule has 2 aromatic heterocycles. The normalized spacial score (nSPS) is 17.3. The molecule has 0 bridgehead atoms. The van der Waals surface area contributed by atoms with Gasteiger partial charge in [-0.1, -0.05) is 17.7 Å². The van der Waals surface area contributed by atoms with Gasteiger partial charge in [0.05, 0.1) is 0 Å². The Morgan fingerprint density at radius 3 is 2.81 bits per heavy atom. The first-order chi connectivity index (χ1) is 12.7. The number of benzene rings is 1. The minimum absolute atomic E-state index is 0.0158. The molecule has 1 aliphatic rings. The summed E-state index contributed by atoms with van der Waals surface area (Å²) in [5, 5.41) is 8.39. The van der Waals surface area contributed by atoms with Crippen molar-refractivity contribution in [2.45, 2.75) is 32.2 Å². The molecule has 1 saturated heterocycles. The lowest BCUT2D eigenvalue weighted by Crippen LogP contribution is -2.38. The molecule has 0 spiro atoms. The quantitative estimate of drug-likeness (QED) is 0.720. The highest BCUT2D eigenvalue weighted by atomic mass is 16.4. The molecule has 1 atom stereocenters. The number of aromatic nitrogens is 3. The fourth-order valence-electron chi connectivity index (χ4n) is 3.36. The van der Waals surface area contributed by atoms with E-state index >= 15 is 0 Å². The minimum atomic E-state index is -0.181. The van der Waals surface area contributed by atoms with Gasteiger partial charge in [0.2, 0.25) is 11.8 Å². The largest absolute Gasteiger partial charge is 0.418 e. The molecule has 1 fully saturated rings. The number of amides is 1. The lowest BCUT2D eigenvalue weighted by atomic mass is 10.0. The van der Waals surface area contributed by atoms with Crippen LogP contribution >= 0.6 is 0 Å². The smallest absolute Gasteiger partial charge is 0.254 e. The molecule has 1 unspecified atom stereocenters. The second-order valence-electron chi connectivity index (χ2n) is 6.56. The van der Waals surface area contributed by atoms with Gasteiger partial charge in [0, 0.05) is 30.1 Å². The maximum absolute atomic E-state index is 13.0. The van der Waals surface area contributed by atoms with Crippen LogP contribution in [-0.2, 0) is 0 Å². The Labute approximate surface area is 151 Å². The van der Waals surface area contributed by atoms with Crippen LogP contribution in [0.25, 0.3) is 11.5 Å². The first kappa shape index (κ1) is 16.4. The molecule has 0 N–H and O–H groups in total. The van der Waals surface area contributed by atoms with Crippen LogP contribution in [0.15, 0.2) is 53.2 Å². The van der Waals surface area contributed by atoms with Gasteiger partial charge in [-0.15, -0.1) is 10.2 Å². The Bertz CT molecular complexity index is 907. The fourth-order valence-corrected chi connectivity index (χ4v) is 3.36. The summed E-state index contributed by atoms with van der Waals surface area (Å²) in [6.45, 7) is 2.69. The summed E-state index contributed by atoms with van der Waals surface area (Å²) in [4.78, 5) is 18.9. The summed E-state index contributed by atoms with van der Waals surface area (Å²) in [5.41, 5.74) is 2.60. The molecule has 1 aliphatic heterocycles. The van der Waals surface area contributed by atoms with Crippen molar-refractivity contribution in [2.75, 3.05) is 6.54 Å². The monoisotopic (exact) mass is 348 g/mol. The summed E-state index contributed by atoms with van der Waals surface area (Å²) in [6.07, 6.45) is 6.23. The zero-order valence-corrected chi connectivity index (χ0v) is 14.6. The van der Waals surface area contributed by atoms with Gasteiger partial charge in [0.1, 0.15) is 6.04 Å². The number of carbonyl (C=O) groups excluding carboxylic acids is 1. The lowest BCUT2D eigenvalue weighted by molar-refractivity contribution is 0.0572. The zero-order chi connectivity index (χ0) is 17.9. The third kappa shape index (κ3) is 3.22. The molecule has 132 valence electrons. The molecule has 26 heavy (non-hydrogen) atoms. The molecule has 1 amide bonds. The average Bonchev–Trinajstić information content (AvgIpc) is 3.18. The van der Waals surface area contributed by atoms with Crippen molar-refractivity contribution in [1.29, 1.82) is 0 Å². The van der Waals surface area contributed by atoms with E-state index in [1.165, 1.54) is 0 Å².